The van der Waals surface area contributed by atoms with Gasteiger partial charge >= 0.3 is 0 Å². The number of hydrogen-bond donors (Lipinski definition) is 0. The normalized spacial score (nSPS) is 10.4. The van der Waals surface area contributed by atoms with Crippen LogP contribution < -0.4 is 0 Å². The summed E-state index contributed by atoms with van der Waals surface area (Å²) in [7, 11) is 0. The van der Waals surface area contributed by atoms with Crippen LogP contribution in [0.15, 0.2) is 40.9 Å². The minimum atomic E-state index is 0.489. The van der Waals surface area contributed by atoms with Crippen molar-refractivity contribution < 1.29 is 4.79 Å². The van der Waals surface area contributed by atoms with E-state index in [1.807, 2.05) is 30.3 Å². The fraction of sp³-hybridized carbons (Fsp3) is 0.0833. The number of aldehydes is 1. The van der Waals surface area contributed by atoms with Gasteiger partial charge in [0, 0.05) is 10.9 Å². The molecule has 2 aromatic rings. The van der Waals surface area contributed by atoms with Crippen LogP contribution in [-0.4, -0.2) is 6.29 Å². The monoisotopic (exact) mass is 248 g/mol. The maximum Gasteiger partial charge on any atom is 0.124 e. The zero-order chi connectivity index (χ0) is 9.97. The summed E-state index contributed by atoms with van der Waals surface area (Å²) in [5.41, 5.74) is 1.06. The Balaban J connectivity index is 2.61. The van der Waals surface area contributed by atoms with Crippen LogP contribution in [-0.2, 0) is 11.2 Å². The second-order valence-corrected chi connectivity index (χ2v) is 4.02. The highest BCUT2D eigenvalue weighted by molar-refractivity contribution is 9.10. The van der Waals surface area contributed by atoms with E-state index in [1.54, 1.807) is 0 Å². The molecule has 0 atom stereocenters. The standard InChI is InChI=1S/C12H9BrO/c13-12-3-1-2-10-8-9(6-7-14)4-5-11(10)12/h1-5,7-8H,6H2. The third-order valence-electron chi connectivity index (χ3n) is 2.21. The van der Waals surface area contributed by atoms with E-state index in [-0.39, 0.29) is 0 Å². The van der Waals surface area contributed by atoms with Crippen LogP contribution in [0.1, 0.15) is 5.56 Å². The van der Waals surface area contributed by atoms with E-state index in [9.17, 15) is 4.79 Å². The fourth-order valence-electron chi connectivity index (χ4n) is 1.52. The molecule has 0 bridgehead atoms. The Kier molecular flexibility index (Phi) is 2.64. The number of hydrogen-bond acceptors (Lipinski definition) is 1. The van der Waals surface area contributed by atoms with Gasteiger partial charge in [-0.3, -0.25) is 0 Å². The zero-order valence-electron chi connectivity index (χ0n) is 7.53. The highest BCUT2D eigenvalue weighted by atomic mass is 79.9. The SMILES string of the molecule is O=CCc1ccc2c(Br)cccc2c1. The molecule has 0 unspecified atom stereocenters. The molecule has 0 radical (unpaired) electrons. The third kappa shape index (κ3) is 1.70. The molecule has 70 valence electrons. The van der Waals surface area contributed by atoms with Gasteiger partial charge in [-0.05, 0) is 22.4 Å². The maximum absolute atomic E-state index is 10.4. The summed E-state index contributed by atoms with van der Waals surface area (Å²) < 4.78 is 1.09. The quantitative estimate of drug-likeness (QED) is 0.746. The van der Waals surface area contributed by atoms with Gasteiger partial charge in [0.1, 0.15) is 6.29 Å². The predicted molar refractivity (Wildman–Crippen MR) is 61.4 cm³/mol. The Morgan fingerprint density at radius 1 is 1.21 bits per heavy atom. The average molecular weight is 249 g/mol. The smallest absolute Gasteiger partial charge is 0.124 e. The van der Waals surface area contributed by atoms with Crippen molar-refractivity contribution >= 4 is 33.0 Å². The molecular weight excluding hydrogens is 240 g/mol. The molecule has 2 rings (SSSR count). The van der Waals surface area contributed by atoms with Gasteiger partial charge in [0.05, 0.1) is 0 Å². The van der Waals surface area contributed by atoms with E-state index >= 15 is 0 Å². The van der Waals surface area contributed by atoms with Gasteiger partial charge in [-0.1, -0.05) is 46.3 Å². The lowest BCUT2D eigenvalue weighted by Gasteiger charge is -2.02. The Labute approximate surface area is 90.9 Å². The van der Waals surface area contributed by atoms with Crippen LogP contribution in [0.25, 0.3) is 10.8 Å². The number of rotatable bonds is 2. The highest BCUT2D eigenvalue weighted by Gasteiger charge is 1.98. The third-order valence-corrected chi connectivity index (χ3v) is 2.90. The van der Waals surface area contributed by atoms with Crippen molar-refractivity contribution in [3.05, 3.63) is 46.4 Å². The van der Waals surface area contributed by atoms with Gasteiger partial charge in [0.15, 0.2) is 0 Å². The molecule has 0 amide bonds. The first kappa shape index (κ1) is 9.41. The lowest BCUT2D eigenvalue weighted by Crippen LogP contribution is -1.85. The van der Waals surface area contributed by atoms with Crippen molar-refractivity contribution in [2.75, 3.05) is 0 Å². The van der Waals surface area contributed by atoms with E-state index in [4.69, 9.17) is 0 Å². The molecule has 0 aliphatic carbocycles. The van der Waals surface area contributed by atoms with Gasteiger partial charge in [-0.25, -0.2) is 0 Å². The minimum Gasteiger partial charge on any atom is -0.303 e. The molecule has 0 saturated heterocycles. The van der Waals surface area contributed by atoms with Crippen molar-refractivity contribution in [1.82, 2.24) is 0 Å². The highest BCUT2D eigenvalue weighted by Crippen LogP contribution is 2.24. The van der Waals surface area contributed by atoms with E-state index in [0.29, 0.717) is 6.42 Å². The Morgan fingerprint density at radius 3 is 2.86 bits per heavy atom. The van der Waals surface area contributed by atoms with E-state index in [2.05, 4.69) is 22.0 Å². The summed E-state index contributed by atoms with van der Waals surface area (Å²) in [5.74, 6) is 0. The molecule has 0 aromatic heterocycles. The lowest BCUT2D eigenvalue weighted by molar-refractivity contribution is -0.107. The first-order chi connectivity index (χ1) is 6.81. The maximum atomic E-state index is 10.4. The molecule has 0 heterocycles. The summed E-state index contributed by atoms with van der Waals surface area (Å²) in [6.07, 6.45) is 1.42. The summed E-state index contributed by atoms with van der Waals surface area (Å²) >= 11 is 3.49. The van der Waals surface area contributed by atoms with E-state index in [0.717, 1.165) is 16.3 Å². The van der Waals surface area contributed by atoms with Crippen LogP contribution in [0.3, 0.4) is 0 Å². The van der Waals surface area contributed by atoms with Gasteiger partial charge in [0.2, 0.25) is 0 Å². The first-order valence-electron chi connectivity index (χ1n) is 4.42. The number of halogens is 1. The molecule has 2 aromatic carbocycles. The predicted octanol–water partition coefficient (Wildman–Crippen LogP) is 3.34. The number of carbonyl (C=O) groups excluding carboxylic acids is 1. The Morgan fingerprint density at radius 2 is 2.07 bits per heavy atom. The van der Waals surface area contributed by atoms with Gasteiger partial charge < -0.3 is 4.79 Å². The lowest BCUT2D eigenvalue weighted by atomic mass is 10.1. The van der Waals surface area contributed by atoms with Crippen LogP contribution in [0.5, 0.6) is 0 Å². The van der Waals surface area contributed by atoms with Crippen molar-refractivity contribution in [3.63, 3.8) is 0 Å². The first-order valence-corrected chi connectivity index (χ1v) is 5.21. The largest absolute Gasteiger partial charge is 0.303 e. The van der Waals surface area contributed by atoms with Gasteiger partial charge in [0.25, 0.3) is 0 Å². The second-order valence-electron chi connectivity index (χ2n) is 3.17. The molecule has 0 aliphatic rings. The molecule has 2 heteroatoms. The van der Waals surface area contributed by atoms with Crippen LogP contribution in [0, 0.1) is 0 Å². The molecule has 1 nitrogen and oxygen atoms in total. The summed E-state index contributed by atoms with van der Waals surface area (Å²) in [6, 6.07) is 12.1. The van der Waals surface area contributed by atoms with Crippen molar-refractivity contribution in [3.8, 4) is 0 Å². The van der Waals surface area contributed by atoms with Crippen LogP contribution in [0.4, 0.5) is 0 Å². The van der Waals surface area contributed by atoms with Crippen molar-refractivity contribution in [2.24, 2.45) is 0 Å². The molecule has 0 saturated carbocycles. The van der Waals surface area contributed by atoms with Crippen molar-refractivity contribution in [1.29, 1.82) is 0 Å². The Bertz CT molecular complexity index is 477. The van der Waals surface area contributed by atoms with E-state index < -0.39 is 0 Å². The van der Waals surface area contributed by atoms with Gasteiger partial charge in [-0.2, -0.15) is 0 Å². The minimum absolute atomic E-state index is 0.489. The molecule has 0 fully saturated rings. The van der Waals surface area contributed by atoms with Crippen LogP contribution in [0.2, 0.25) is 0 Å². The average Bonchev–Trinajstić information content (AvgIpc) is 2.18. The number of carbonyl (C=O) groups is 1. The second kappa shape index (κ2) is 3.93. The molecule has 0 N–H and O–H groups in total. The number of benzene rings is 2. The molecule has 0 aliphatic heterocycles. The van der Waals surface area contributed by atoms with E-state index in [1.165, 1.54) is 10.8 Å². The number of fused-ring (bicyclic) bond motifs is 1. The topological polar surface area (TPSA) is 17.1 Å². The zero-order valence-corrected chi connectivity index (χ0v) is 9.12. The summed E-state index contributed by atoms with van der Waals surface area (Å²) in [5, 5.41) is 2.35. The summed E-state index contributed by atoms with van der Waals surface area (Å²) in [6.45, 7) is 0. The molecule has 14 heavy (non-hydrogen) atoms. The Hall–Kier alpha value is -1.15. The fourth-order valence-corrected chi connectivity index (χ4v) is 2.03. The molecule has 0 spiro atoms. The van der Waals surface area contributed by atoms with Gasteiger partial charge in [-0.15, -0.1) is 0 Å². The van der Waals surface area contributed by atoms with Crippen molar-refractivity contribution in [2.45, 2.75) is 6.42 Å². The molecular formula is C12H9BrO. The van der Waals surface area contributed by atoms with Crippen LogP contribution >= 0.6 is 15.9 Å². The summed E-state index contributed by atoms with van der Waals surface area (Å²) in [4.78, 5) is 10.4.